The van der Waals surface area contributed by atoms with Gasteiger partial charge in [-0.2, -0.15) is 0 Å². The van der Waals surface area contributed by atoms with Crippen molar-refractivity contribution in [1.82, 2.24) is 14.5 Å². The van der Waals surface area contributed by atoms with Crippen molar-refractivity contribution in [2.75, 3.05) is 0 Å². The average molecular weight is 616 g/mol. The van der Waals surface area contributed by atoms with Gasteiger partial charge in [0.2, 0.25) is 5.95 Å². The lowest BCUT2D eigenvalue weighted by Crippen LogP contribution is -2.05. The first-order valence-corrected chi connectivity index (χ1v) is 17.3. The van der Waals surface area contributed by atoms with Crippen LogP contribution in [0.5, 0.6) is 0 Å². The first-order valence-electron chi connectivity index (χ1n) is 14.9. The molecule has 5 aromatic carbocycles. The molecule has 9 aromatic rings. The van der Waals surface area contributed by atoms with Crippen LogP contribution in [0.25, 0.3) is 86.2 Å². The van der Waals surface area contributed by atoms with E-state index >= 15 is 0 Å². The molecule has 0 amide bonds. The van der Waals surface area contributed by atoms with Crippen molar-refractivity contribution in [1.29, 1.82) is 0 Å². The van der Waals surface area contributed by atoms with Gasteiger partial charge in [0.25, 0.3) is 0 Å². The lowest BCUT2D eigenvalue weighted by molar-refractivity contribution is 1.01. The quantitative estimate of drug-likeness (QED) is 0.184. The van der Waals surface area contributed by atoms with Gasteiger partial charge in [-0.3, -0.25) is 4.57 Å². The van der Waals surface area contributed by atoms with Crippen LogP contribution >= 0.6 is 34.4 Å². The normalized spacial score (nSPS) is 14.0. The van der Waals surface area contributed by atoms with Gasteiger partial charge >= 0.3 is 0 Å². The summed E-state index contributed by atoms with van der Waals surface area (Å²) in [7, 11) is 0. The summed E-state index contributed by atoms with van der Waals surface area (Å²) >= 11 is 5.65. The van der Waals surface area contributed by atoms with Gasteiger partial charge in [0.15, 0.2) is 0 Å². The van der Waals surface area contributed by atoms with Crippen LogP contribution in [-0.2, 0) is 6.42 Å². The topological polar surface area (TPSA) is 30.7 Å². The van der Waals surface area contributed by atoms with Crippen LogP contribution in [0.1, 0.15) is 16.9 Å². The lowest BCUT2D eigenvalue weighted by Gasteiger charge is -2.20. The highest BCUT2D eigenvalue weighted by molar-refractivity contribution is 7.99. The Bertz CT molecular complexity index is 2760. The molecule has 0 fully saturated rings. The Morgan fingerprint density at radius 3 is 2.34 bits per heavy atom. The summed E-state index contributed by atoms with van der Waals surface area (Å²) < 4.78 is 6.33. The van der Waals surface area contributed by atoms with E-state index in [1.807, 2.05) is 34.4 Å². The van der Waals surface area contributed by atoms with E-state index in [2.05, 4.69) is 108 Å². The molecular weight excluding hydrogens is 595 g/mol. The Labute approximate surface area is 264 Å². The van der Waals surface area contributed by atoms with Gasteiger partial charge in [-0.15, -0.1) is 22.7 Å². The van der Waals surface area contributed by atoms with Gasteiger partial charge in [0.1, 0.15) is 0 Å². The van der Waals surface area contributed by atoms with Crippen molar-refractivity contribution in [3.8, 4) is 17.2 Å². The Balaban J connectivity index is 1.36. The first kappa shape index (κ1) is 23.9. The molecule has 0 atom stereocenters. The summed E-state index contributed by atoms with van der Waals surface area (Å²) in [6, 6.07) is 33.2. The number of rotatable bonds is 1. The second-order valence-electron chi connectivity index (χ2n) is 11.6. The second kappa shape index (κ2) is 8.57. The monoisotopic (exact) mass is 615 g/mol. The van der Waals surface area contributed by atoms with E-state index < -0.39 is 0 Å². The molecule has 44 heavy (non-hydrogen) atoms. The van der Waals surface area contributed by atoms with Crippen LogP contribution in [0.4, 0.5) is 0 Å². The molecule has 6 heteroatoms. The molecular formula is C38H21N3S3. The third-order valence-corrected chi connectivity index (χ3v) is 12.8. The summed E-state index contributed by atoms with van der Waals surface area (Å²) in [5.74, 6) is 0.726. The molecule has 1 aliphatic heterocycles. The van der Waals surface area contributed by atoms with Crippen LogP contribution in [-0.4, -0.2) is 14.5 Å². The minimum absolute atomic E-state index is 0.726. The minimum atomic E-state index is 0.726. The van der Waals surface area contributed by atoms with Gasteiger partial charge in [-0.25, -0.2) is 9.97 Å². The maximum Gasteiger partial charge on any atom is 0.235 e. The number of hydrogen-bond acceptors (Lipinski definition) is 5. The molecule has 2 aliphatic rings. The van der Waals surface area contributed by atoms with Gasteiger partial charge < -0.3 is 0 Å². The third-order valence-electron chi connectivity index (χ3n) is 9.26. The van der Waals surface area contributed by atoms with Crippen LogP contribution in [0.15, 0.2) is 107 Å². The fourth-order valence-corrected chi connectivity index (χ4v) is 10.9. The highest BCUT2D eigenvalue weighted by Crippen LogP contribution is 2.50. The highest BCUT2D eigenvalue weighted by atomic mass is 32.2. The average Bonchev–Trinajstić information content (AvgIpc) is 3.73. The molecule has 0 unspecified atom stereocenters. The van der Waals surface area contributed by atoms with Gasteiger partial charge in [0, 0.05) is 66.6 Å². The minimum Gasteiger partial charge on any atom is -0.278 e. The van der Waals surface area contributed by atoms with E-state index in [9.17, 15) is 0 Å². The standard InChI is InChI=1S/C38H21N3S3/c1-4-12-26-20(8-1)32-30(42-26)18-16-24-35(32)36-25(17-19-31-33(36)21-9-2-5-13-27(21)43-31)41(24)38-39-23-11-7-15-29-34(23)37(40-38)22-10-3-6-14-28(22)44-29/h1-4,6-12,14-19H,5,13H2. The Kier molecular flexibility index (Phi) is 4.66. The van der Waals surface area contributed by atoms with E-state index in [0.717, 1.165) is 46.4 Å². The zero-order chi connectivity index (χ0) is 28.5. The zero-order valence-electron chi connectivity index (χ0n) is 23.3. The molecule has 5 heterocycles. The molecule has 11 rings (SSSR count). The van der Waals surface area contributed by atoms with E-state index in [4.69, 9.17) is 9.97 Å². The van der Waals surface area contributed by atoms with Crippen LogP contribution in [0.3, 0.4) is 0 Å². The summed E-state index contributed by atoms with van der Waals surface area (Å²) in [5.41, 5.74) is 6.89. The first-order chi connectivity index (χ1) is 21.8. The lowest BCUT2D eigenvalue weighted by atomic mass is 9.98. The molecule has 0 N–H and O–H groups in total. The molecule has 0 bridgehead atoms. The third kappa shape index (κ3) is 3.03. The molecule has 0 radical (unpaired) electrons. The van der Waals surface area contributed by atoms with Crippen molar-refractivity contribution in [3.05, 3.63) is 108 Å². The zero-order valence-corrected chi connectivity index (χ0v) is 25.7. The number of fused-ring (bicyclic) bond motifs is 13. The molecule has 0 saturated heterocycles. The maximum absolute atomic E-state index is 5.43. The Hall–Kier alpha value is -4.49. The van der Waals surface area contributed by atoms with Crippen molar-refractivity contribution in [2.24, 2.45) is 0 Å². The van der Waals surface area contributed by atoms with E-state index in [0.29, 0.717) is 0 Å². The van der Waals surface area contributed by atoms with E-state index in [1.165, 1.54) is 66.8 Å². The summed E-state index contributed by atoms with van der Waals surface area (Å²) in [6.45, 7) is 0. The molecule has 0 spiro atoms. The molecule has 3 nitrogen and oxygen atoms in total. The fourth-order valence-electron chi connectivity index (χ4n) is 7.45. The smallest absolute Gasteiger partial charge is 0.235 e. The summed E-state index contributed by atoms with van der Waals surface area (Å²) in [4.78, 5) is 14.7. The van der Waals surface area contributed by atoms with Crippen molar-refractivity contribution >= 4 is 103 Å². The number of allylic oxidation sites excluding steroid dienone is 1. The van der Waals surface area contributed by atoms with Crippen molar-refractivity contribution in [2.45, 2.75) is 22.6 Å². The predicted molar refractivity (Wildman–Crippen MR) is 189 cm³/mol. The largest absolute Gasteiger partial charge is 0.278 e. The maximum atomic E-state index is 5.43. The summed E-state index contributed by atoms with van der Waals surface area (Å²) in [5, 5.41) is 7.80. The molecule has 4 aromatic heterocycles. The van der Waals surface area contributed by atoms with Gasteiger partial charge in [0.05, 0.1) is 22.2 Å². The Morgan fingerprint density at radius 2 is 1.41 bits per heavy atom. The van der Waals surface area contributed by atoms with Crippen LogP contribution in [0, 0.1) is 0 Å². The number of nitrogens with zero attached hydrogens (tertiary/aromatic N) is 3. The SMILES string of the molecule is C1=Cc2c(sc3ccc4c(c23)c2c3c(ccc2n4-c2nc4c5c(cccc5n2)Sc2ccccc2-4)sc2ccccc23)CC1. The summed E-state index contributed by atoms with van der Waals surface area (Å²) in [6.07, 6.45) is 6.92. The van der Waals surface area contributed by atoms with Crippen LogP contribution in [0.2, 0.25) is 0 Å². The molecule has 1 aliphatic carbocycles. The number of aromatic nitrogens is 3. The molecule has 0 saturated carbocycles. The number of hydrogen-bond donors (Lipinski definition) is 0. The van der Waals surface area contributed by atoms with Crippen molar-refractivity contribution < 1.29 is 0 Å². The molecule has 206 valence electrons. The number of aryl methyl sites for hydroxylation is 1. The fraction of sp³-hybridized carbons (Fsp3) is 0.0526. The predicted octanol–water partition coefficient (Wildman–Crippen LogP) is 11.4. The van der Waals surface area contributed by atoms with Gasteiger partial charge in [-0.1, -0.05) is 66.4 Å². The van der Waals surface area contributed by atoms with Gasteiger partial charge in [-0.05, 0) is 66.9 Å². The van der Waals surface area contributed by atoms with E-state index in [-0.39, 0.29) is 0 Å². The van der Waals surface area contributed by atoms with Crippen molar-refractivity contribution in [3.63, 3.8) is 0 Å². The number of thiophene rings is 2. The van der Waals surface area contributed by atoms with E-state index in [1.54, 1.807) is 0 Å². The number of benzene rings is 5. The second-order valence-corrected chi connectivity index (χ2v) is 14.9. The van der Waals surface area contributed by atoms with Crippen LogP contribution < -0.4 is 0 Å². The Morgan fingerprint density at radius 1 is 0.614 bits per heavy atom. The highest BCUT2D eigenvalue weighted by Gasteiger charge is 2.26.